The molecule has 0 aliphatic carbocycles. The van der Waals surface area contributed by atoms with Gasteiger partial charge in [0.25, 0.3) is 5.56 Å². The van der Waals surface area contributed by atoms with E-state index in [2.05, 4.69) is 21.4 Å². The van der Waals surface area contributed by atoms with Crippen molar-refractivity contribution in [3.05, 3.63) is 52.6 Å². The normalized spacial score (nSPS) is 11.1. The van der Waals surface area contributed by atoms with E-state index in [1.807, 2.05) is 32.2 Å². The second-order valence-electron chi connectivity index (χ2n) is 4.66. The minimum absolute atomic E-state index is 0.0840. The molecule has 0 spiro atoms. The van der Waals surface area contributed by atoms with Gasteiger partial charge in [0.1, 0.15) is 5.82 Å². The van der Waals surface area contributed by atoms with Gasteiger partial charge in [0.15, 0.2) is 0 Å². The molecule has 1 N–H and O–H groups in total. The van der Waals surface area contributed by atoms with Gasteiger partial charge in [0.2, 0.25) is 0 Å². The fourth-order valence-corrected chi connectivity index (χ4v) is 1.98. The Kier molecular flexibility index (Phi) is 3.58. The summed E-state index contributed by atoms with van der Waals surface area (Å²) in [4.78, 5) is 21.2. The molecule has 0 unspecified atom stereocenters. The predicted molar refractivity (Wildman–Crippen MR) is 73.5 cm³/mol. The predicted octanol–water partition coefficient (Wildman–Crippen LogP) is 1.93. The minimum Gasteiger partial charge on any atom is -0.309 e. The first-order valence-electron chi connectivity index (χ1n) is 5.87. The van der Waals surface area contributed by atoms with Crippen molar-refractivity contribution in [3.63, 3.8) is 0 Å². The molecule has 0 radical (unpaired) electrons. The maximum atomic E-state index is 11.9. The summed E-state index contributed by atoms with van der Waals surface area (Å²) in [5.41, 5.74) is 1.74. The van der Waals surface area contributed by atoms with Gasteiger partial charge < -0.3 is 4.98 Å². The molecule has 0 aliphatic heterocycles. The molecule has 1 aromatic carbocycles. The van der Waals surface area contributed by atoms with Crippen LogP contribution in [0.25, 0.3) is 10.9 Å². The summed E-state index contributed by atoms with van der Waals surface area (Å²) < 4.78 is 0. The monoisotopic (exact) mass is 243 g/mol. The average molecular weight is 243 g/mol. The molecular weight excluding hydrogens is 226 g/mol. The zero-order valence-corrected chi connectivity index (χ0v) is 10.7. The fourth-order valence-electron chi connectivity index (χ4n) is 1.98. The van der Waals surface area contributed by atoms with Crippen LogP contribution in [0.15, 0.2) is 41.2 Å². The Morgan fingerprint density at radius 2 is 2.17 bits per heavy atom. The van der Waals surface area contributed by atoms with Gasteiger partial charge in [-0.2, -0.15) is 0 Å². The summed E-state index contributed by atoms with van der Waals surface area (Å²) in [6.45, 7) is 7.24. The van der Waals surface area contributed by atoms with Crippen molar-refractivity contribution in [2.24, 2.45) is 0 Å². The van der Waals surface area contributed by atoms with Crippen LogP contribution in [0.3, 0.4) is 0 Å². The molecule has 1 heterocycles. The van der Waals surface area contributed by atoms with Crippen molar-refractivity contribution >= 4 is 10.9 Å². The second kappa shape index (κ2) is 5.14. The Hall–Kier alpha value is -1.94. The number of para-hydroxylation sites is 1. The number of fused-ring (bicyclic) bond motifs is 1. The number of benzene rings is 1. The number of aromatic nitrogens is 2. The van der Waals surface area contributed by atoms with E-state index in [1.54, 1.807) is 6.07 Å². The first kappa shape index (κ1) is 12.5. The third-order valence-corrected chi connectivity index (χ3v) is 2.62. The lowest BCUT2D eigenvalue weighted by Crippen LogP contribution is -2.23. The smallest absolute Gasteiger partial charge is 0.258 e. The quantitative estimate of drug-likeness (QED) is 0.835. The molecule has 2 rings (SSSR count). The molecule has 18 heavy (non-hydrogen) atoms. The van der Waals surface area contributed by atoms with E-state index in [9.17, 15) is 4.79 Å². The number of rotatable bonds is 4. The van der Waals surface area contributed by atoms with Crippen LogP contribution in [0.4, 0.5) is 0 Å². The number of aromatic amines is 1. The molecule has 0 aliphatic rings. The largest absolute Gasteiger partial charge is 0.309 e. The van der Waals surface area contributed by atoms with Crippen LogP contribution >= 0.6 is 0 Å². The van der Waals surface area contributed by atoms with Gasteiger partial charge in [0, 0.05) is 6.54 Å². The Morgan fingerprint density at radius 3 is 2.89 bits per heavy atom. The van der Waals surface area contributed by atoms with E-state index >= 15 is 0 Å². The van der Waals surface area contributed by atoms with Crippen LogP contribution in [-0.2, 0) is 6.54 Å². The highest BCUT2D eigenvalue weighted by molar-refractivity contribution is 5.77. The van der Waals surface area contributed by atoms with Gasteiger partial charge >= 0.3 is 0 Å². The molecule has 1 aromatic heterocycles. The molecule has 0 fully saturated rings. The van der Waals surface area contributed by atoms with Crippen molar-refractivity contribution in [1.29, 1.82) is 0 Å². The zero-order chi connectivity index (χ0) is 13.1. The van der Waals surface area contributed by atoms with Crippen molar-refractivity contribution in [2.45, 2.75) is 13.5 Å². The number of nitrogens with zero attached hydrogens (tertiary/aromatic N) is 2. The van der Waals surface area contributed by atoms with Gasteiger partial charge in [-0.25, -0.2) is 4.98 Å². The SMILES string of the molecule is C=C(C)CN(C)Cc1nc2ccccc2c(=O)[nH]1. The molecule has 94 valence electrons. The Bertz CT molecular complexity index is 630. The maximum Gasteiger partial charge on any atom is 0.258 e. The number of likely N-dealkylation sites (N-methyl/N-ethyl adjacent to an activating group) is 1. The van der Waals surface area contributed by atoms with E-state index in [0.29, 0.717) is 17.8 Å². The van der Waals surface area contributed by atoms with Crippen LogP contribution in [0, 0.1) is 0 Å². The standard InChI is InChI=1S/C14H17N3O/c1-10(2)8-17(3)9-13-15-12-7-5-4-6-11(12)14(18)16-13/h4-7H,1,8-9H2,2-3H3,(H,15,16,18). The van der Waals surface area contributed by atoms with Crippen molar-refractivity contribution < 1.29 is 0 Å². The number of hydrogen-bond donors (Lipinski definition) is 1. The van der Waals surface area contributed by atoms with Gasteiger partial charge in [0.05, 0.1) is 17.4 Å². The Morgan fingerprint density at radius 1 is 1.44 bits per heavy atom. The maximum absolute atomic E-state index is 11.9. The third kappa shape index (κ3) is 2.84. The zero-order valence-electron chi connectivity index (χ0n) is 10.7. The van der Waals surface area contributed by atoms with Crippen molar-refractivity contribution in [1.82, 2.24) is 14.9 Å². The second-order valence-corrected chi connectivity index (χ2v) is 4.66. The van der Waals surface area contributed by atoms with Gasteiger partial charge in [-0.3, -0.25) is 9.69 Å². The van der Waals surface area contributed by atoms with Crippen LogP contribution in [0.1, 0.15) is 12.7 Å². The van der Waals surface area contributed by atoms with E-state index in [4.69, 9.17) is 0 Å². The lowest BCUT2D eigenvalue weighted by molar-refractivity contribution is 0.346. The van der Waals surface area contributed by atoms with Crippen molar-refractivity contribution in [3.8, 4) is 0 Å². The number of nitrogens with one attached hydrogen (secondary N) is 1. The summed E-state index contributed by atoms with van der Waals surface area (Å²) in [5, 5.41) is 0.629. The highest BCUT2D eigenvalue weighted by Gasteiger charge is 2.05. The molecule has 0 saturated carbocycles. The number of H-pyrrole nitrogens is 1. The molecule has 4 nitrogen and oxygen atoms in total. The van der Waals surface area contributed by atoms with Crippen LogP contribution in [0.5, 0.6) is 0 Å². The first-order chi connectivity index (χ1) is 8.56. The van der Waals surface area contributed by atoms with E-state index in [-0.39, 0.29) is 5.56 Å². The van der Waals surface area contributed by atoms with E-state index in [1.165, 1.54) is 0 Å². The lowest BCUT2D eigenvalue weighted by atomic mass is 10.2. The fraction of sp³-hybridized carbons (Fsp3) is 0.286. The molecule has 0 atom stereocenters. The summed E-state index contributed by atoms with van der Waals surface area (Å²) in [6, 6.07) is 7.36. The lowest BCUT2D eigenvalue weighted by Gasteiger charge is -2.15. The van der Waals surface area contributed by atoms with Gasteiger partial charge in [-0.1, -0.05) is 24.3 Å². The highest BCUT2D eigenvalue weighted by atomic mass is 16.1. The topological polar surface area (TPSA) is 49.0 Å². The summed E-state index contributed by atoms with van der Waals surface area (Å²) >= 11 is 0. The van der Waals surface area contributed by atoms with Crippen molar-refractivity contribution in [2.75, 3.05) is 13.6 Å². The molecule has 0 amide bonds. The molecule has 2 aromatic rings. The summed E-state index contributed by atoms with van der Waals surface area (Å²) in [5.74, 6) is 0.683. The highest BCUT2D eigenvalue weighted by Crippen LogP contribution is 2.06. The molecule has 0 saturated heterocycles. The van der Waals surface area contributed by atoms with E-state index in [0.717, 1.165) is 17.6 Å². The van der Waals surface area contributed by atoms with Crippen LogP contribution in [0.2, 0.25) is 0 Å². The Balaban J connectivity index is 2.30. The minimum atomic E-state index is -0.0840. The summed E-state index contributed by atoms with van der Waals surface area (Å²) in [7, 11) is 1.98. The van der Waals surface area contributed by atoms with Crippen LogP contribution in [-0.4, -0.2) is 28.5 Å². The third-order valence-electron chi connectivity index (χ3n) is 2.62. The molecular formula is C14H17N3O. The van der Waals surface area contributed by atoms with Gasteiger partial charge in [-0.05, 0) is 26.1 Å². The first-order valence-corrected chi connectivity index (χ1v) is 5.87. The van der Waals surface area contributed by atoms with Crippen LogP contribution < -0.4 is 5.56 Å². The Labute approximate surface area is 106 Å². The average Bonchev–Trinajstić information content (AvgIpc) is 2.27. The molecule has 4 heteroatoms. The van der Waals surface area contributed by atoms with E-state index < -0.39 is 0 Å². The summed E-state index contributed by atoms with van der Waals surface area (Å²) in [6.07, 6.45) is 0. The van der Waals surface area contributed by atoms with Gasteiger partial charge in [-0.15, -0.1) is 0 Å². The molecule has 0 bridgehead atoms. The number of hydrogen-bond acceptors (Lipinski definition) is 3.